The summed E-state index contributed by atoms with van der Waals surface area (Å²) in [6.45, 7) is 0. The third-order valence-electron chi connectivity index (χ3n) is 2.53. The van der Waals surface area contributed by atoms with Gasteiger partial charge < -0.3 is 0 Å². The van der Waals surface area contributed by atoms with Crippen LogP contribution in [0.3, 0.4) is 0 Å². The Kier molecular flexibility index (Phi) is 6.86. The Morgan fingerprint density at radius 3 is 1.45 bits per heavy atom. The standard InChI is InChI=1S/C14H6Br2Cl2O2S2/c15-7-1-3-9(13(17)19)11(5-7)21-22-12-6-8(16)2-4-10(12)14(18)20/h1-6H. The molecule has 0 unspecified atom stereocenters. The summed E-state index contributed by atoms with van der Waals surface area (Å²) < 4.78 is 1.67. The van der Waals surface area contributed by atoms with Crippen LogP contribution in [0.25, 0.3) is 0 Å². The normalized spacial score (nSPS) is 10.5. The van der Waals surface area contributed by atoms with E-state index in [0.29, 0.717) is 20.9 Å². The second kappa shape index (κ2) is 8.22. The van der Waals surface area contributed by atoms with E-state index >= 15 is 0 Å². The predicted octanol–water partition coefficient (Wildman–Crippen LogP) is 6.77. The zero-order chi connectivity index (χ0) is 16.3. The molecule has 0 saturated heterocycles. The third-order valence-corrected chi connectivity index (χ3v) is 6.37. The van der Waals surface area contributed by atoms with Crippen LogP contribution in [0.15, 0.2) is 55.1 Å². The van der Waals surface area contributed by atoms with E-state index in [1.165, 1.54) is 21.6 Å². The Hall–Kier alpha value is 0.0200. The van der Waals surface area contributed by atoms with Crippen molar-refractivity contribution in [2.75, 3.05) is 0 Å². The lowest BCUT2D eigenvalue weighted by Gasteiger charge is -2.08. The molecule has 2 aromatic rings. The van der Waals surface area contributed by atoms with Crippen LogP contribution in [-0.4, -0.2) is 10.5 Å². The first kappa shape index (κ1) is 18.4. The summed E-state index contributed by atoms with van der Waals surface area (Å²) in [6.07, 6.45) is 0. The lowest BCUT2D eigenvalue weighted by molar-refractivity contribution is 0.107. The molecule has 2 aromatic carbocycles. The van der Waals surface area contributed by atoms with Gasteiger partial charge >= 0.3 is 0 Å². The number of hydrogen-bond donors (Lipinski definition) is 0. The van der Waals surface area contributed by atoms with Crippen LogP contribution in [-0.2, 0) is 0 Å². The first-order chi connectivity index (χ1) is 10.4. The molecule has 0 fully saturated rings. The highest BCUT2D eigenvalue weighted by molar-refractivity contribution is 9.10. The topological polar surface area (TPSA) is 34.1 Å². The lowest BCUT2D eigenvalue weighted by atomic mass is 10.2. The van der Waals surface area contributed by atoms with Gasteiger partial charge in [-0.05, 0) is 59.6 Å². The Labute approximate surface area is 162 Å². The minimum atomic E-state index is -0.529. The van der Waals surface area contributed by atoms with Crippen molar-refractivity contribution in [1.82, 2.24) is 0 Å². The van der Waals surface area contributed by atoms with Crippen LogP contribution in [0.1, 0.15) is 20.7 Å². The molecular formula is C14H6Br2Cl2O2S2. The summed E-state index contributed by atoms with van der Waals surface area (Å²) in [6, 6.07) is 10.4. The van der Waals surface area contributed by atoms with Crippen molar-refractivity contribution in [1.29, 1.82) is 0 Å². The van der Waals surface area contributed by atoms with Gasteiger partial charge in [0.15, 0.2) is 0 Å². The molecule has 0 saturated carbocycles. The van der Waals surface area contributed by atoms with E-state index in [1.54, 1.807) is 36.4 Å². The predicted molar refractivity (Wildman–Crippen MR) is 100 cm³/mol. The zero-order valence-electron chi connectivity index (χ0n) is 10.6. The van der Waals surface area contributed by atoms with Crippen LogP contribution in [0.2, 0.25) is 0 Å². The molecule has 0 radical (unpaired) electrons. The summed E-state index contributed by atoms with van der Waals surface area (Å²) in [5, 5.41) is -1.06. The van der Waals surface area contributed by atoms with Crippen molar-refractivity contribution < 1.29 is 9.59 Å². The molecule has 0 aliphatic carbocycles. The van der Waals surface area contributed by atoms with Gasteiger partial charge in [0.05, 0.1) is 0 Å². The Bertz CT molecular complexity index is 690. The van der Waals surface area contributed by atoms with E-state index in [0.717, 1.165) is 8.95 Å². The SMILES string of the molecule is O=C(Cl)c1ccc(Br)cc1SSc1cc(Br)ccc1C(=O)Cl. The number of rotatable bonds is 5. The van der Waals surface area contributed by atoms with E-state index in [-0.39, 0.29) is 0 Å². The molecule has 2 nitrogen and oxygen atoms in total. The molecule has 0 aliphatic rings. The van der Waals surface area contributed by atoms with Crippen LogP contribution in [0.4, 0.5) is 0 Å². The number of carbonyl (C=O) groups excluding carboxylic acids is 2. The number of hydrogen-bond acceptors (Lipinski definition) is 4. The highest BCUT2D eigenvalue weighted by Crippen LogP contribution is 2.42. The molecule has 114 valence electrons. The quantitative estimate of drug-likeness (QED) is 0.335. The third kappa shape index (κ3) is 4.76. The number of carbonyl (C=O) groups is 2. The van der Waals surface area contributed by atoms with E-state index in [9.17, 15) is 9.59 Å². The fourth-order valence-corrected chi connectivity index (χ4v) is 5.41. The molecule has 0 N–H and O–H groups in total. The Morgan fingerprint density at radius 2 is 1.14 bits per heavy atom. The van der Waals surface area contributed by atoms with Gasteiger partial charge in [0.1, 0.15) is 0 Å². The minimum Gasteiger partial charge on any atom is -0.276 e. The maximum atomic E-state index is 11.5. The second-order valence-corrected chi connectivity index (χ2v) is 8.73. The van der Waals surface area contributed by atoms with Gasteiger partial charge in [-0.15, -0.1) is 0 Å². The van der Waals surface area contributed by atoms with Crippen molar-refractivity contribution in [2.45, 2.75) is 9.79 Å². The van der Waals surface area contributed by atoms with Crippen molar-refractivity contribution in [3.05, 3.63) is 56.5 Å². The summed E-state index contributed by atoms with van der Waals surface area (Å²) in [5.74, 6) is 0. The molecule has 0 atom stereocenters. The zero-order valence-corrected chi connectivity index (χ0v) is 16.9. The second-order valence-electron chi connectivity index (χ2n) is 4.00. The van der Waals surface area contributed by atoms with Crippen molar-refractivity contribution in [3.63, 3.8) is 0 Å². The smallest absolute Gasteiger partial charge is 0.253 e. The summed E-state index contributed by atoms with van der Waals surface area (Å²) in [7, 11) is 2.67. The Balaban J connectivity index is 2.31. The van der Waals surface area contributed by atoms with Gasteiger partial charge in [0, 0.05) is 29.9 Å². The minimum absolute atomic E-state index is 0.413. The van der Waals surface area contributed by atoms with Crippen LogP contribution >= 0.6 is 76.6 Å². The maximum Gasteiger partial charge on any atom is 0.253 e. The fraction of sp³-hybridized carbons (Fsp3) is 0. The number of halogens is 4. The van der Waals surface area contributed by atoms with Gasteiger partial charge in [-0.3, -0.25) is 9.59 Å². The average Bonchev–Trinajstić information content (AvgIpc) is 2.44. The molecule has 0 heterocycles. The van der Waals surface area contributed by atoms with Gasteiger partial charge in [0.2, 0.25) is 0 Å². The monoisotopic (exact) mass is 498 g/mol. The highest BCUT2D eigenvalue weighted by Gasteiger charge is 2.14. The van der Waals surface area contributed by atoms with Crippen LogP contribution in [0, 0.1) is 0 Å². The molecule has 0 aromatic heterocycles. The largest absolute Gasteiger partial charge is 0.276 e. The van der Waals surface area contributed by atoms with Gasteiger partial charge in [0.25, 0.3) is 10.5 Å². The molecular weight excluding hydrogens is 495 g/mol. The first-order valence-electron chi connectivity index (χ1n) is 5.72. The van der Waals surface area contributed by atoms with E-state index in [4.69, 9.17) is 23.2 Å². The van der Waals surface area contributed by atoms with Gasteiger partial charge in [-0.25, -0.2) is 0 Å². The van der Waals surface area contributed by atoms with Gasteiger partial charge in [-0.2, -0.15) is 0 Å². The van der Waals surface area contributed by atoms with Crippen molar-refractivity contribution in [2.24, 2.45) is 0 Å². The van der Waals surface area contributed by atoms with Crippen molar-refractivity contribution >= 4 is 87.1 Å². The average molecular weight is 501 g/mol. The number of benzene rings is 2. The van der Waals surface area contributed by atoms with E-state index in [1.807, 2.05) is 0 Å². The van der Waals surface area contributed by atoms with E-state index in [2.05, 4.69) is 31.9 Å². The summed E-state index contributed by atoms with van der Waals surface area (Å²) >= 11 is 17.9. The molecule has 0 aliphatic heterocycles. The van der Waals surface area contributed by atoms with E-state index < -0.39 is 10.5 Å². The molecule has 8 heteroatoms. The molecule has 0 spiro atoms. The first-order valence-corrected chi connectivity index (χ1v) is 10.2. The summed E-state index contributed by atoms with van der Waals surface area (Å²) in [4.78, 5) is 24.3. The lowest BCUT2D eigenvalue weighted by Crippen LogP contribution is -1.93. The van der Waals surface area contributed by atoms with Crippen molar-refractivity contribution in [3.8, 4) is 0 Å². The molecule has 22 heavy (non-hydrogen) atoms. The molecule has 2 rings (SSSR count). The summed E-state index contributed by atoms with van der Waals surface area (Å²) in [5.41, 5.74) is 0.826. The highest BCUT2D eigenvalue weighted by atomic mass is 79.9. The Morgan fingerprint density at radius 1 is 0.773 bits per heavy atom. The van der Waals surface area contributed by atoms with Crippen LogP contribution in [0.5, 0.6) is 0 Å². The van der Waals surface area contributed by atoms with Gasteiger partial charge in [-0.1, -0.05) is 53.4 Å². The fourth-order valence-electron chi connectivity index (χ4n) is 1.54. The van der Waals surface area contributed by atoms with Crippen LogP contribution < -0.4 is 0 Å². The maximum absolute atomic E-state index is 11.5. The molecule has 0 bridgehead atoms. The molecule has 0 amide bonds.